The molecule has 0 unspecified atom stereocenters. The zero-order chi connectivity index (χ0) is 12.4. The van der Waals surface area contributed by atoms with Gasteiger partial charge in [0.05, 0.1) is 0 Å². The number of aryl methyl sites for hydroxylation is 1. The molecule has 1 heterocycles. The van der Waals surface area contributed by atoms with Gasteiger partial charge in [-0.05, 0) is 12.1 Å². The number of nitrogens with one attached hydrogen (secondary N) is 1. The molecule has 0 saturated carbocycles. The van der Waals surface area contributed by atoms with Crippen molar-refractivity contribution in [1.82, 2.24) is 14.8 Å². The smallest absolute Gasteiger partial charge is 0.158 e. The fourth-order valence-electron chi connectivity index (χ4n) is 1.71. The Morgan fingerprint density at radius 1 is 1.29 bits per heavy atom. The third-order valence-electron chi connectivity index (χ3n) is 2.71. The molecule has 0 saturated heterocycles. The minimum atomic E-state index is 0.349. The van der Waals surface area contributed by atoms with Gasteiger partial charge in [-0.25, -0.2) is 9.67 Å². The zero-order valence-corrected chi connectivity index (χ0v) is 10.7. The minimum absolute atomic E-state index is 0.349. The molecule has 0 aliphatic heterocycles. The van der Waals surface area contributed by atoms with Crippen molar-refractivity contribution in [3.8, 4) is 11.4 Å². The molecule has 0 aliphatic rings. The standard InChI is InChI=1S/C13H18N4/c1-9(2)12-15-13(17(4)16-12)10-6-5-7-11(8-10)14-3/h5-9,14H,1-4H3. The maximum atomic E-state index is 4.58. The van der Waals surface area contributed by atoms with Crippen LogP contribution in [0.25, 0.3) is 11.4 Å². The van der Waals surface area contributed by atoms with E-state index in [-0.39, 0.29) is 0 Å². The van der Waals surface area contributed by atoms with E-state index < -0.39 is 0 Å². The van der Waals surface area contributed by atoms with Crippen LogP contribution in [0.4, 0.5) is 5.69 Å². The number of aromatic nitrogens is 3. The molecular formula is C13H18N4. The van der Waals surface area contributed by atoms with Crippen LogP contribution in [0.2, 0.25) is 0 Å². The number of benzene rings is 1. The van der Waals surface area contributed by atoms with Gasteiger partial charge in [-0.2, -0.15) is 5.10 Å². The van der Waals surface area contributed by atoms with Crippen molar-refractivity contribution in [1.29, 1.82) is 0 Å². The van der Waals surface area contributed by atoms with Crippen molar-refractivity contribution >= 4 is 5.69 Å². The van der Waals surface area contributed by atoms with Crippen LogP contribution in [-0.2, 0) is 7.05 Å². The van der Waals surface area contributed by atoms with E-state index in [0.29, 0.717) is 5.92 Å². The van der Waals surface area contributed by atoms with Gasteiger partial charge in [-0.3, -0.25) is 0 Å². The number of hydrogen-bond acceptors (Lipinski definition) is 3. The minimum Gasteiger partial charge on any atom is -0.388 e. The van der Waals surface area contributed by atoms with Crippen LogP contribution in [0.3, 0.4) is 0 Å². The molecule has 1 N–H and O–H groups in total. The molecule has 0 atom stereocenters. The summed E-state index contributed by atoms with van der Waals surface area (Å²) in [5, 5.41) is 7.56. The molecule has 2 aromatic rings. The molecule has 17 heavy (non-hydrogen) atoms. The van der Waals surface area contributed by atoms with Crippen molar-refractivity contribution in [2.24, 2.45) is 7.05 Å². The van der Waals surface area contributed by atoms with Crippen LogP contribution in [0.15, 0.2) is 24.3 Å². The first-order chi connectivity index (χ1) is 8.11. The average Bonchev–Trinajstić information content (AvgIpc) is 2.72. The fraction of sp³-hybridized carbons (Fsp3) is 0.385. The Balaban J connectivity index is 2.45. The van der Waals surface area contributed by atoms with Gasteiger partial charge >= 0.3 is 0 Å². The third kappa shape index (κ3) is 2.30. The molecule has 0 aliphatic carbocycles. The van der Waals surface area contributed by atoms with E-state index >= 15 is 0 Å². The fourth-order valence-corrected chi connectivity index (χ4v) is 1.71. The van der Waals surface area contributed by atoms with Crippen molar-refractivity contribution in [3.63, 3.8) is 0 Å². The predicted molar refractivity (Wildman–Crippen MR) is 70.1 cm³/mol. The van der Waals surface area contributed by atoms with Crippen LogP contribution in [-0.4, -0.2) is 21.8 Å². The molecule has 4 heteroatoms. The number of nitrogens with zero attached hydrogens (tertiary/aromatic N) is 3. The zero-order valence-electron chi connectivity index (χ0n) is 10.7. The first-order valence-corrected chi connectivity index (χ1v) is 5.81. The van der Waals surface area contributed by atoms with E-state index in [1.165, 1.54) is 0 Å². The molecule has 0 amide bonds. The summed E-state index contributed by atoms with van der Waals surface area (Å²) < 4.78 is 1.84. The van der Waals surface area contributed by atoms with Crippen LogP contribution >= 0.6 is 0 Å². The Morgan fingerprint density at radius 3 is 2.65 bits per heavy atom. The molecule has 0 bridgehead atoms. The lowest BCUT2D eigenvalue weighted by Gasteiger charge is -2.03. The van der Waals surface area contributed by atoms with Crippen molar-refractivity contribution in [3.05, 3.63) is 30.1 Å². The van der Waals surface area contributed by atoms with Gasteiger partial charge in [-0.15, -0.1) is 0 Å². The lowest BCUT2D eigenvalue weighted by atomic mass is 10.2. The van der Waals surface area contributed by atoms with Crippen LogP contribution in [0, 0.1) is 0 Å². The van der Waals surface area contributed by atoms with E-state index in [1.54, 1.807) is 0 Å². The van der Waals surface area contributed by atoms with Gasteiger partial charge in [-0.1, -0.05) is 26.0 Å². The summed E-state index contributed by atoms with van der Waals surface area (Å²) in [4.78, 5) is 4.58. The van der Waals surface area contributed by atoms with Crippen molar-refractivity contribution < 1.29 is 0 Å². The van der Waals surface area contributed by atoms with Gasteiger partial charge in [0, 0.05) is 31.3 Å². The number of hydrogen-bond donors (Lipinski definition) is 1. The molecule has 1 aromatic carbocycles. The lowest BCUT2D eigenvalue weighted by molar-refractivity contribution is 0.712. The second-order valence-corrected chi connectivity index (χ2v) is 4.40. The molecule has 90 valence electrons. The van der Waals surface area contributed by atoms with Crippen molar-refractivity contribution in [2.75, 3.05) is 12.4 Å². The molecule has 2 rings (SSSR count). The summed E-state index contributed by atoms with van der Waals surface area (Å²) in [5.41, 5.74) is 2.16. The highest BCUT2D eigenvalue weighted by molar-refractivity contribution is 5.62. The highest BCUT2D eigenvalue weighted by atomic mass is 15.3. The quantitative estimate of drug-likeness (QED) is 0.881. The second-order valence-electron chi connectivity index (χ2n) is 4.40. The van der Waals surface area contributed by atoms with Crippen LogP contribution < -0.4 is 5.32 Å². The normalized spacial score (nSPS) is 10.9. The van der Waals surface area contributed by atoms with Gasteiger partial charge in [0.1, 0.15) is 0 Å². The summed E-state index contributed by atoms with van der Waals surface area (Å²) in [6.45, 7) is 4.20. The Hall–Kier alpha value is -1.84. The van der Waals surface area contributed by atoms with E-state index in [4.69, 9.17) is 0 Å². The Kier molecular flexibility index (Phi) is 3.13. The molecule has 1 aromatic heterocycles. The molecular weight excluding hydrogens is 212 g/mol. The molecule has 0 radical (unpaired) electrons. The second kappa shape index (κ2) is 4.57. The number of anilines is 1. The van der Waals surface area contributed by atoms with E-state index in [0.717, 1.165) is 22.9 Å². The van der Waals surface area contributed by atoms with Gasteiger partial charge < -0.3 is 5.32 Å². The summed E-state index contributed by atoms with van der Waals surface area (Å²) in [6.07, 6.45) is 0. The van der Waals surface area contributed by atoms with Gasteiger partial charge in [0.2, 0.25) is 0 Å². The van der Waals surface area contributed by atoms with E-state index in [1.807, 2.05) is 30.9 Å². The predicted octanol–water partition coefficient (Wildman–Crippen LogP) is 2.65. The Bertz CT molecular complexity index is 514. The molecule has 0 fully saturated rings. The molecule has 0 spiro atoms. The highest BCUT2D eigenvalue weighted by Gasteiger charge is 2.11. The first kappa shape index (κ1) is 11.6. The van der Waals surface area contributed by atoms with Crippen molar-refractivity contribution in [2.45, 2.75) is 19.8 Å². The van der Waals surface area contributed by atoms with Crippen LogP contribution in [0.1, 0.15) is 25.6 Å². The summed E-state index contributed by atoms with van der Waals surface area (Å²) in [6, 6.07) is 8.18. The monoisotopic (exact) mass is 230 g/mol. The largest absolute Gasteiger partial charge is 0.388 e. The summed E-state index contributed by atoms with van der Waals surface area (Å²) >= 11 is 0. The van der Waals surface area contributed by atoms with E-state index in [2.05, 4.69) is 41.4 Å². The third-order valence-corrected chi connectivity index (χ3v) is 2.71. The van der Waals surface area contributed by atoms with E-state index in [9.17, 15) is 0 Å². The molecule has 4 nitrogen and oxygen atoms in total. The van der Waals surface area contributed by atoms with Crippen LogP contribution in [0.5, 0.6) is 0 Å². The maximum Gasteiger partial charge on any atom is 0.158 e. The summed E-state index contributed by atoms with van der Waals surface area (Å²) in [5.74, 6) is 2.14. The maximum absolute atomic E-state index is 4.58. The lowest BCUT2D eigenvalue weighted by Crippen LogP contribution is -1.96. The highest BCUT2D eigenvalue weighted by Crippen LogP contribution is 2.22. The Morgan fingerprint density at radius 2 is 2.06 bits per heavy atom. The Labute approximate surface area is 102 Å². The SMILES string of the molecule is CNc1cccc(-c2nc(C(C)C)nn2C)c1. The summed E-state index contributed by atoms with van der Waals surface area (Å²) in [7, 11) is 3.84. The number of rotatable bonds is 3. The first-order valence-electron chi connectivity index (χ1n) is 5.81. The van der Waals surface area contributed by atoms with Gasteiger partial charge in [0.15, 0.2) is 11.6 Å². The van der Waals surface area contributed by atoms with Gasteiger partial charge in [0.25, 0.3) is 0 Å². The topological polar surface area (TPSA) is 42.7 Å². The average molecular weight is 230 g/mol.